The second kappa shape index (κ2) is 10.7. The molecule has 0 unspecified atom stereocenters. The lowest BCUT2D eigenvalue weighted by molar-refractivity contribution is -0.147. The fourth-order valence-corrected chi connectivity index (χ4v) is 1.17. The Morgan fingerprint density at radius 1 is 1.19 bits per heavy atom. The molecule has 0 bridgehead atoms. The molecular formula is C13H24O3. The first-order valence-corrected chi connectivity index (χ1v) is 6.03. The van der Waals surface area contributed by atoms with Crippen molar-refractivity contribution in [1.82, 2.24) is 0 Å². The van der Waals surface area contributed by atoms with E-state index in [1.807, 2.05) is 13.8 Å². The normalized spacial score (nSPS) is 10.4. The molecule has 16 heavy (non-hydrogen) atoms. The Kier molecular flexibility index (Phi) is 10.1. The van der Waals surface area contributed by atoms with Crippen LogP contribution in [0.4, 0.5) is 0 Å². The van der Waals surface area contributed by atoms with E-state index in [2.05, 4.69) is 6.58 Å². The summed E-state index contributed by atoms with van der Waals surface area (Å²) in [6.07, 6.45) is 5.97. The molecule has 0 radical (unpaired) electrons. The van der Waals surface area contributed by atoms with E-state index in [1.54, 1.807) is 6.08 Å². The Balaban J connectivity index is 3.09. The van der Waals surface area contributed by atoms with E-state index < -0.39 is 0 Å². The zero-order valence-electron chi connectivity index (χ0n) is 10.5. The summed E-state index contributed by atoms with van der Waals surface area (Å²) < 4.78 is 10.3. The number of unbranched alkanes of at least 4 members (excludes halogenated alkanes) is 3. The fourth-order valence-electron chi connectivity index (χ4n) is 1.17. The quantitative estimate of drug-likeness (QED) is 0.327. The van der Waals surface area contributed by atoms with Gasteiger partial charge in [-0.1, -0.05) is 26.3 Å². The molecule has 0 saturated heterocycles. The van der Waals surface area contributed by atoms with E-state index in [-0.39, 0.29) is 11.9 Å². The van der Waals surface area contributed by atoms with Crippen LogP contribution < -0.4 is 0 Å². The molecule has 0 fully saturated rings. The molecule has 0 aromatic rings. The van der Waals surface area contributed by atoms with Crippen molar-refractivity contribution < 1.29 is 14.3 Å². The van der Waals surface area contributed by atoms with Gasteiger partial charge in [0.2, 0.25) is 0 Å². The molecule has 3 heteroatoms. The molecule has 0 aliphatic rings. The third-order valence-corrected chi connectivity index (χ3v) is 2.13. The molecule has 0 aliphatic carbocycles. The molecule has 94 valence electrons. The molecule has 3 nitrogen and oxygen atoms in total. The van der Waals surface area contributed by atoms with Crippen LogP contribution in [0.1, 0.15) is 39.5 Å². The summed E-state index contributed by atoms with van der Waals surface area (Å²) in [5.41, 5.74) is 0. The Morgan fingerprint density at radius 3 is 2.38 bits per heavy atom. The van der Waals surface area contributed by atoms with Crippen LogP contribution >= 0.6 is 0 Å². The van der Waals surface area contributed by atoms with Crippen LogP contribution in [0.5, 0.6) is 0 Å². The maximum atomic E-state index is 11.1. The van der Waals surface area contributed by atoms with Crippen molar-refractivity contribution >= 4 is 5.97 Å². The van der Waals surface area contributed by atoms with Crippen molar-refractivity contribution in [3.8, 4) is 0 Å². The lowest BCUT2D eigenvalue weighted by Gasteiger charge is -2.06. The molecule has 0 aromatic heterocycles. The van der Waals surface area contributed by atoms with Crippen molar-refractivity contribution in [2.24, 2.45) is 5.92 Å². The Labute approximate surface area is 98.8 Å². The van der Waals surface area contributed by atoms with Crippen LogP contribution in [-0.4, -0.2) is 25.8 Å². The molecular weight excluding hydrogens is 204 g/mol. The van der Waals surface area contributed by atoms with Crippen LogP contribution in [0.15, 0.2) is 12.7 Å². The van der Waals surface area contributed by atoms with Crippen molar-refractivity contribution in [1.29, 1.82) is 0 Å². The van der Waals surface area contributed by atoms with Gasteiger partial charge in [-0.25, -0.2) is 0 Å². The minimum absolute atomic E-state index is 0.0210. The van der Waals surface area contributed by atoms with E-state index in [4.69, 9.17) is 9.47 Å². The van der Waals surface area contributed by atoms with Gasteiger partial charge in [-0.2, -0.15) is 0 Å². The van der Waals surface area contributed by atoms with Crippen LogP contribution in [0, 0.1) is 5.92 Å². The van der Waals surface area contributed by atoms with Gasteiger partial charge in [-0.15, -0.1) is 6.58 Å². The van der Waals surface area contributed by atoms with E-state index in [1.165, 1.54) is 0 Å². The SMILES string of the molecule is C=CCOCCCCCCOC(=O)C(C)C. The summed E-state index contributed by atoms with van der Waals surface area (Å²) in [6.45, 7) is 9.24. The maximum absolute atomic E-state index is 11.1. The van der Waals surface area contributed by atoms with Gasteiger partial charge in [0.25, 0.3) is 0 Å². The minimum atomic E-state index is -0.102. The monoisotopic (exact) mass is 228 g/mol. The van der Waals surface area contributed by atoms with E-state index >= 15 is 0 Å². The summed E-state index contributed by atoms with van der Waals surface area (Å²) in [5, 5.41) is 0. The molecule has 0 heterocycles. The van der Waals surface area contributed by atoms with Crippen molar-refractivity contribution in [3.63, 3.8) is 0 Å². The molecule has 0 spiro atoms. The Morgan fingerprint density at radius 2 is 1.81 bits per heavy atom. The van der Waals surface area contributed by atoms with E-state index in [0.29, 0.717) is 13.2 Å². The second-order valence-corrected chi connectivity index (χ2v) is 4.10. The summed E-state index contributed by atoms with van der Waals surface area (Å²) in [5.74, 6) is -0.124. The molecule has 0 amide bonds. The lowest BCUT2D eigenvalue weighted by atomic mass is 10.2. The van der Waals surface area contributed by atoms with Gasteiger partial charge in [-0.3, -0.25) is 4.79 Å². The van der Waals surface area contributed by atoms with Gasteiger partial charge >= 0.3 is 5.97 Å². The summed E-state index contributed by atoms with van der Waals surface area (Å²) in [4.78, 5) is 11.1. The first kappa shape index (κ1) is 15.2. The lowest BCUT2D eigenvalue weighted by Crippen LogP contribution is -2.12. The van der Waals surface area contributed by atoms with Gasteiger partial charge in [0.05, 0.1) is 19.1 Å². The predicted molar refractivity (Wildman–Crippen MR) is 65.3 cm³/mol. The number of carbonyl (C=O) groups is 1. The highest BCUT2D eigenvalue weighted by molar-refractivity contribution is 5.71. The zero-order valence-corrected chi connectivity index (χ0v) is 10.5. The number of esters is 1. The topological polar surface area (TPSA) is 35.5 Å². The largest absolute Gasteiger partial charge is 0.465 e. The molecule has 0 N–H and O–H groups in total. The van der Waals surface area contributed by atoms with E-state index in [0.717, 1.165) is 32.3 Å². The third kappa shape index (κ3) is 9.71. The van der Waals surface area contributed by atoms with Gasteiger partial charge in [-0.05, 0) is 19.3 Å². The van der Waals surface area contributed by atoms with Crippen LogP contribution in [0.25, 0.3) is 0 Å². The minimum Gasteiger partial charge on any atom is -0.465 e. The van der Waals surface area contributed by atoms with Crippen molar-refractivity contribution in [2.45, 2.75) is 39.5 Å². The van der Waals surface area contributed by atoms with Crippen molar-refractivity contribution in [3.05, 3.63) is 12.7 Å². The number of hydrogen-bond donors (Lipinski definition) is 0. The fraction of sp³-hybridized carbons (Fsp3) is 0.769. The average molecular weight is 228 g/mol. The summed E-state index contributed by atoms with van der Waals surface area (Å²) in [7, 11) is 0. The highest BCUT2D eigenvalue weighted by atomic mass is 16.5. The highest BCUT2D eigenvalue weighted by Crippen LogP contribution is 2.02. The van der Waals surface area contributed by atoms with Crippen LogP contribution in [0.2, 0.25) is 0 Å². The highest BCUT2D eigenvalue weighted by Gasteiger charge is 2.06. The zero-order chi connectivity index (χ0) is 12.2. The predicted octanol–water partition coefficient (Wildman–Crippen LogP) is 2.95. The smallest absolute Gasteiger partial charge is 0.308 e. The van der Waals surface area contributed by atoms with Gasteiger partial charge in [0.15, 0.2) is 0 Å². The second-order valence-electron chi connectivity index (χ2n) is 4.10. The maximum Gasteiger partial charge on any atom is 0.308 e. The third-order valence-electron chi connectivity index (χ3n) is 2.13. The first-order chi connectivity index (χ1) is 7.68. The van der Waals surface area contributed by atoms with Gasteiger partial charge < -0.3 is 9.47 Å². The molecule has 0 atom stereocenters. The summed E-state index contributed by atoms with van der Waals surface area (Å²) >= 11 is 0. The van der Waals surface area contributed by atoms with Gasteiger partial charge in [0, 0.05) is 6.61 Å². The molecule has 0 saturated carbocycles. The molecule has 0 rings (SSSR count). The molecule has 0 aromatic carbocycles. The van der Waals surface area contributed by atoms with Crippen molar-refractivity contribution in [2.75, 3.05) is 19.8 Å². The number of carbonyl (C=O) groups excluding carboxylic acids is 1. The van der Waals surface area contributed by atoms with Gasteiger partial charge in [0.1, 0.15) is 0 Å². The number of hydrogen-bond acceptors (Lipinski definition) is 3. The number of ether oxygens (including phenoxy) is 2. The van der Waals surface area contributed by atoms with Crippen LogP contribution in [0.3, 0.4) is 0 Å². The molecule has 0 aliphatic heterocycles. The number of rotatable bonds is 10. The van der Waals surface area contributed by atoms with Crippen LogP contribution in [-0.2, 0) is 14.3 Å². The van der Waals surface area contributed by atoms with E-state index in [9.17, 15) is 4.79 Å². The standard InChI is InChI=1S/C13H24O3/c1-4-9-15-10-7-5-6-8-11-16-13(14)12(2)3/h4,12H,1,5-11H2,2-3H3. The first-order valence-electron chi connectivity index (χ1n) is 6.03. The Hall–Kier alpha value is -0.830. The Bertz CT molecular complexity index is 188. The average Bonchev–Trinajstić information content (AvgIpc) is 2.26. The summed E-state index contributed by atoms with van der Waals surface area (Å²) in [6, 6.07) is 0.